The van der Waals surface area contributed by atoms with Crippen molar-refractivity contribution in [1.82, 2.24) is 40.3 Å². The summed E-state index contributed by atoms with van der Waals surface area (Å²) in [5.74, 6) is -0.780. The van der Waals surface area contributed by atoms with E-state index < -0.39 is 12.1 Å². The number of likely N-dealkylation sites (N-methyl/N-ethyl adjacent to an activating group) is 2. The molecule has 0 spiro atoms. The van der Waals surface area contributed by atoms with E-state index in [1.807, 2.05) is 71.6 Å². The first kappa shape index (κ1) is 41.6. The van der Waals surface area contributed by atoms with Crippen LogP contribution in [0.1, 0.15) is 85.8 Å². The first-order chi connectivity index (χ1) is 22.7. The maximum absolute atomic E-state index is 14.0. The van der Waals surface area contributed by atoms with Gasteiger partial charge in [-0.1, -0.05) is 41.0 Å². The van der Waals surface area contributed by atoms with Crippen LogP contribution >= 0.6 is 0 Å². The largest absolute Gasteiger partial charge is 0.379 e. The Morgan fingerprint density at radius 3 is 2.31 bits per heavy atom. The Labute approximate surface area is 296 Å². The van der Waals surface area contributed by atoms with E-state index in [2.05, 4.69) is 37.0 Å². The fourth-order valence-corrected chi connectivity index (χ4v) is 7.04. The molecule has 1 fully saturated rings. The molecule has 1 aromatic heterocycles. The van der Waals surface area contributed by atoms with E-state index >= 15 is 0 Å². The van der Waals surface area contributed by atoms with Crippen molar-refractivity contribution in [2.45, 2.75) is 122 Å². The molecular weight excluding hydrogens is 679 g/mol. The Kier molecular flexibility index (Phi) is 17.5. The fraction of sp³-hybridized carbons (Fsp3) is 0.824. The van der Waals surface area contributed by atoms with Gasteiger partial charge in [0.25, 0.3) is 0 Å². The third-order valence-corrected chi connectivity index (χ3v) is 9.99. The Hall–Kier alpha value is -2.54. The third-order valence-electron chi connectivity index (χ3n) is 9.37. The van der Waals surface area contributed by atoms with Gasteiger partial charge in [-0.15, -0.1) is 0 Å². The van der Waals surface area contributed by atoms with Crippen molar-refractivity contribution in [2.24, 2.45) is 17.8 Å². The third kappa shape index (κ3) is 11.8. The number of methoxy groups -OCH3 is 1. The summed E-state index contributed by atoms with van der Waals surface area (Å²) in [6, 6.07) is -1.47. The summed E-state index contributed by atoms with van der Waals surface area (Å²) in [5.41, 5.74) is 0.860. The minimum absolute atomic E-state index is 0.0338. The maximum atomic E-state index is 14.0. The molecule has 2 heterocycles. The maximum Gasteiger partial charge on any atom is 0.245 e. The average Bonchev–Trinajstić information content (AvgIpc) is 3.69. The van der Waals surface area contributed by atoms with Crippen LogP contribution in [-0.2, 0) is 35.8 Å². The average molecular weight is 741 g/mol. The summed E-state index contributed by atoms with van der Waals surface area (Å²) in [5, 5.41) is 14.8. The molecule has 0 saturated carbocycles. The molecule has 0 bridgehead atoms. The molecular formula is C34H61N8O5Se. The second kappa shape index (κ2) is 20.2. The van der Waals surface area contributed by atoms with Gasteiger partial charge in [0.1, 0.15) is 6.04 Å². The van der Waals surface area contributed by atoms with E-state index in [4.69, 9.17) is 4.74 Å². The molecule has 2 rings (SSSR count). The number of carbonyl (C=O) groups excluding carboxylic acids is 4. The number of rotatable bonds is 20. The molecule has 13 nitrogen and oxygen atoms in total. The number of aromatic nitrogens is 3. The zero-order chi connectivity index (χ0) is 36.1. The number of ether oxygens (including phenoxy) is 1. The summed E-state index contributed by atoms with van der Waals surface area (Å²) in [7, 11) is 7.06. The predicted molar refractivity (Wildman–Crippen MR) is 187 cm³/mol. The smallest absolute Gasteiger partial charge is 0.245 e. The standard InChI is InChI=1S/C34H61N8O5Se/c1-11-13-27(40(9)34(46)30(22(2)3)36-33(45)31(23(4)5)39(7)8)28(47-10)19-29(43)42-16-12-14-26(42)18-24(6)32(44)35-15-17-41-20-25(21-48)37-38-41/h20,22-24,26-28,30-31H,11-19,21H2,1-10H3,(H,35,44)(H,36,45). The normalized spacial score (nSPS) is 18.1. The molecule has 1 aliphatic heterocycles. The van der Waals surface area contributed by atoms with E-state index in [-0.39, 0.29) is 65.9 Å². The Balaban J connectivity index is 2.06. The van der Waals surface area contributed by atoms with Crippen molar-refractivity contribution >= 4 is 39.6 Å². The van der Waals surface area contributed by atoms with Gasteiger partial charge in [0.2, 0.25) is 17.7 Å². The summed E-state index contributed by atoms with van der Waals surface area (Å²) in [6.45, 7) is 13.4. The summed E-state index contributed by atoms with van der Waals surface area (Å²) >= 11 is 2.91. The van der Waals surface area contributed by atoms with Crippen molar-refractivity contribution in [3.05, 3.63) is 11.9 Å². The molecule has 6 atom stereocenters. The summed E-state index contributed by atoms with van der Waals surface area (Å²) in [6.07, 6.45) is 5.19. The molecule has 1 radical (unpaired) electrons. The van der Waals surface area contributed by atoms with E-state index in [9.17, 15) is 19.2 Å². The Morgan fingerprint density at radius 1 is 1.08 bits per heavy atom. The van der Waals surface area contributed by atoms with Crippen LogP contribution in [0.25, 0.3) is 0 Å². The number of nitrogens with one attached hydrogen (secondary N) is 2. The van der Waals surface area contributed by atoms with E-state index in [1.54, 1.807) is 23.7 Å². The Bertz CT molecular complexity index is 1170. The topological polar surface area (TPSA) is 142 Å². The van der Waals surface area contributed by atoms with Gasteiger partial charge in [-0.25, -0.2) is 0 Å². The quantitative estimate of drug-likeness (QED) is 0.193. The van der Waals surface area contributed by atoms with Gasteiger partial charge in [0, 0.05) is 20.7 Å². The van der Waals surface area contributed by atoms with Crippen molar-refractivity contribution in [3.8, 4) is 0 Å². The van der Waals surface area contributed by atoms with Crippen LogP contribution in [0.5, 0.6) is 0 Å². The van der Waals surface area contributed by atoms with Crippen molar-refractivity contribution < 1.29 is 23.9 Å². The number of hydrogen-bond acceptors (Lipinski definition) is 8. The molecule has 1 saturated heterocycles. The van der Waals surface area contributed by atoms with Crippen molar-refractivity contribution in [2.75, 3.05) is 41.3 Å². The van der Waals surface area contributed by atoms with Gasteiger partial charge in [0.05, 0.1) is 24.6 Å². The minimum atomic E-state index is -0.712. The van der Waals surface area contributed by atoms with Crippen LogP contribution in [-0.4, -0.2) is 141 Å². The molecule has 14 heteroatoms. The van der Waals surface area contributed by atoms with Gasteiger partial charge in [-0.05, 0) is 38.8 Å². The molecule has 1 aromatic rings. The van der Waals surface area contributed by atoms with Gasteiger partial charge < -0.3 is 15.0 Å². The molecule has 0 aliphatic carbocycles. The van der Waals surface area contributed by atoms with Crippen molar-refractivity contribution in [3.63, 3.8) is 0 Å². The zero-order valence-electron chi connectivity index (χ0n) is 30.9. The van der Waals surface area contributed by atoms with Gasteiger partial charge in [-0.2, -0.15) is 0 Å². The molecule has 273 valence electrons. The summed E-state index contributed by atoms with van der Waals surface area (Å²) in [4.78, 5) is 59.4. The second-order valence-electron chi connectivity index (χ2n) is 14.1. The zero-order valence-corrected chi connectivity index (χ0v) is 32.6. The van der Waals surface area contributed by atoms with Gasteiger partial charge >= 0.3 is 114 Å². The molecule has 6 unspecified atom stereocenters. The molecule has 1 aliphatic rings. The van der Waals surface area contributed by atoms with Crippen LogP contribution < -0.4 is 10.6 Å². The monoisotopic (exact) mass is 741 g/mol. The number of amides is 4. The van der Waals surface area contributed by atoms with Gasteiger partial charge in [0.15, 0.2) is 0 Å². The summed E-state index contributed by atoms with van der Waals surface area (Å²) < 4.78 is 7.63. The number of carbonyl (C=O) groups is 4. The first-order valence-corrected chi connectivity index (χ1v) is 18.7. The van der Waals surface area contributed by atoms with Gasteiger partial charge in [-0.3, -0.25) is 19.3 Å². The Morgan fingerprint density at radius 2 is 1.77 bits per heavy atom. The molecule has 0 aromatic carbocycles. The van der Waals surface area contributed by atoms with E-state index in [1.165, 1.54) is 0 Å². The van der Waals surface area contributed by atoms with Crippen LogP contribution in [0.15, 0.2) is 6.20 Å². The minimum Gasteiger partial charge on any atom is -0.379 e. The second-order valence-corrected chi connectivity index (χ2v) is 14.7. The number of nitrogens with zero attached hydrogens (tertiary/aromatic N) is 6. The van der Waals surface area contributed by atoms with E-state index in [0.29, 0.717) is 37.8 Å². The van der Waals surface area contributed by atoms with Crippen molar-refractivity contribution in [1.29, 1.82) is 0 Å². The molecule has 4 amide bonds. The van der Waals surface area contributed by atoms with Crippen LogP contribution in [0.4, 0.5) is 0 Å². The SMILES string of the molecule is CCCC(C(CC(=O)N1CCCC1CC(C)C(=O)NCCn1cc(C[Se])nn1)OC)N(C)C(=O)C(NC(=O)C(C(C)C)N(C)C)C(C)C. The molecule has 48 heavy (non-hydrogen) atoms. The van der Waals surface area contributed by atoms with Crippen LogP contribution in [0, 0.1) is 17.8 Å². The first-order valence-electron chi connectivity index (χ1n) is 17.5. The number of hydrogen-bond donors (Lipinski definition) is 2. The van der Waals surface area contributed by atoms with E-state index in [0.717, 1.165) is 25.0 Å². The predicted octanol–water partition coefficient (Wildman–Crippen LogP) is 1.84. The molecule has 2 N–H and O–H groups in total. The van der Waals surface area contributed by atoms with Crippen LogP contribution in [0.2, 0.25) is 0 Å². The number of likely N-dealkylation sites (tertiary alicyclic amines) is 1. The fourth-order valence-electron chi connectivity index (χ4n) is 6.77. The van der Waals surface area contributed by atoms with Crippen LogP contribution in [0.3, 0.4) is 0 Å².